The van der Waals surface area contributed by atoms with Crippen molar-refractivity contribution in [2.75, 3.05) is 11.1 Å². The summed E-state index contributed by atoms with van der Waals surface area (Å²) in [5, 5.41) is 35.8. The summed E-state index contributed by atoms with van der Waals surface area (Å²) in [6.45, 7) is 0. The van der Waals surface area contributed by atoms with Gasteiger partial charge in [-0.05, 0) is 30.3 Å². The molecule has 0 unspecified atom stereocenters. The van der Waals surface area contributed by atoms with E-state index in [1.807, 2.05) is 0 Å². The van der Waals surface area contributed by atoms with Crippen molar-refractivity contribution in [3.63, 3.8) is 0 Å². The molecule has 0 radical (unpaired) electrons. The third kappa shape index (κ3) is 3.51. The van der Waals surface area contributed by atoms with E-state index in [-0.39, 0.29) is 33.7 Å². The number of carbonyl (C=O) groups is 1. The van der Waals surface area contributed by atoms with E-state index < -0.39 is 15.8 Å². The summed E-state index contributed by atoms with van der Waals surface area (Å²) in [5.74, 6) is -1.20. The van der Waals surface area contributed by atoms with Crippen molar-refractivity contribution >= 4 is 56.2 Å². The molecule has 11 heteroatoms. The van der Waals surface area contributed by atoms with E-state index in [0.29, 0.717) is 22.1 Å². The molecule has 0 fully saturated rings. The fraction of sp³-hybridized carbons (Fsp3) is 0. The largest absolute Gasteiger partial charge is 0.478 e. The van der Waals surface area contributed by atoms with Gasteiger partial charge >= 0.3 is 5.97 Å². The van der Waals surface area contributed by atoms with Crippen LogP contribution in [-0.2, 0) is 0 Å². The summed E-state index contributed by atoms with van der Waals surface area (Å²) in [6, 6.07) is 12.6. The summed E-state index contributed by atoms with van der Waals surface area (Å²) >= 11 is 0. The number of nitro groups is 2. The van der Waals surface area contributed by atoms with E-state index in [1.54, 1.807) is 6.07 Å². The van der Waals surface area contributed by atoms with Crippen LogP contribution in [0.25, 0.3) is 21.8 Å². The first kappa shape index (κ1) is 19.5. The fourth-order valence-corrected chi connectivity index (χ4v) is 3.25. The molecule has 0 amide bonds. The molecule has 4 N–H and O–H groups in total. The van der Waals surface area contributed by atoms with Gasteiger partial charge in [0.05, 0.1) is 32.1 Å². The highest BCUT2D eigenvalue weighted by molar-refractivity contribution is 6.09. The van der Waals surface area contributed by atoms with Crippen LogP contribution < -0.4 is 11.1 Å². The number of carboxylic acid groups (broad SMARTS) is 1. The molecule has 1 heterocycles. The lowest BCUT2D eigenvalue weighted by molar-refractivity contribution is -0.384. The van der Waals surface area contributed by atoms with Gasteiger partial charge < -0.3 is 16.2 Å². The van der Waals surface area contributed by atoms with Gasteiger partial charge in [0.1, 0.15) is 0 Å². The minimum Gasteiger partial charge on any atom is -0.478 e. The predicted octanol–water partition coefficient (Wildman–Crippen LogP) is 4.23. The standard InChI is InChI=1S/C20H13N5O6/c21-16-6-1-10(7-15(16)20(26)27)22-19-13-4-2-11(24(28)29)8-17(13)23-18-9-12(25(30)31)3-5-14(18)19/h1-9H,21H2,(H,22,23)(H,26,27). The second-order valence-corrected chi connectivity index (χ2v) is 6.64. The lowest BCUT2D eigenvalue weighted by Gasteiger charge is -2.14. The maximum Gasteiger partial charge on any atom is 0.337 e. The van der Waals surface area contributed by atoms with E-state index in [2.05, 4.69) is 10.3 Å². The Labute approximate surface area is 173 Å². The van der Waals surface area contributed by atoms with Crippen LogP contribution in [0.4, 0.5) is 28.4 Å². The van der Waals surface area contributed by atoms with Gasteiger partial charge in [-0.15, -0.1) is 0 Å². The minimum absolute atomic E-state index is 0.0914. The third-order valence-electron chi connectivity index (χ3n) is 4.72. The SMILES string of the molecule is Nc1ccc(Nc2c3ccc([N+](=O)[O-])cc3nc3cc([N+](=O)[O-])ccc23)cc1C(=O)O. The Morgan fingerprint density at radius 1 is 0.903 bits per heavy atom. The highest BCUT2D eigenvalue weighted by atomic mass is 16.6. The molecule has 1 aromatic heterocycles. The molecule has 31 heavy (non-hydrogen) atoms. The molecule has 4 rings (SSSR count). The van der Waals surface area contributed by atoms with Gasteiger partial charge in [-0.25, -0.2) is 9.78 Å². The Morgan fingerprint density at radius 3 is 1.94 bits per heavy atom. The molecule has 154 valence electrons. The number of nitro benzene ring substituents is 2. The summed E-state index contributed by atoms with van der Waals surface area (Å²) in [7, 11) is 0. The Balaban J connectivity index is 1.98. The number of benzene rings is 3. The van der Waals surface area contributed by atoms with E-state index in [4.69, 9.17) is 5.73 Å². The topological polar surface area (TPSA) is 175 Å². The number of nitrogens with one attached hydrogen (secondary N) is 1. The number of nitrogens with zero attached hydrogens (tertiary/aromatic N) is 3. The van der Waals surface area contributed by atoms with Crippen LogP contribution in [0.3, 0.4) is 0 Å². The lowest BCUT2D eigenvalue weighted by atomic mass is 10.1. The number of aromatic carboxylic acids is 1. The smallest absolute Gasteiger partial charge is 0.337 e. The summed E-state index contributed by atoms with van der Waals surface area (Å²) < 4.78 is 0. The Hall–Kier alpha value is -4.80. The highest BCUT2D eigenvalue weighted by Gasteiger charge is 2.17. The molecule has 4 aromatic rings. The van der Waals surface area contributed by atoms with E-state index in [1.165, 1.54) is 48.5 Å². The number of pyridine rings is 1. The van der Waals surface area contributed by atoms with Gasteiger partial charge in [0, 0.05) is 46.4 Å². The molecule has 11 nitrogen and oxygen atoms in total. The summed E-state index contributed by atoms with van der Waals surface area (Å²) in [6.07, 6.45) is 0. The monoisotopic (exact) mass is 419 g/mol. The number of nitrogens with two attached hydrogens (primary N) is 1. The number of hydrogen-bond donors (Lipinski definition) is 3. The van der Waals surface area contributed by atoms with Crippen LogP contribution in [0.15, 0.2) is 54.6 Å². The highest BCUT2D eigenvalue weighted by Crippen LogP contribution is 2.36. The van der Waals surface area contributed by atoms with Crippen LogP contribution in [0.2, 0.25) is 0 Å². The molecule has 0 atom stereocenters. The van der Waals surface area contributed by atoms with E-state index >= 15 is 0 Å². The average Bonchev–Trinajstić information content (AvgIpc) is 2.73. The normalized spacial score (nSPS) is 10.8. The van der Waals surface area contributed by atoms with Crippen LogP contribution >= 0.6 is 0 Å². The second kappa shape index (κ2) is 7.22. The van der Waals surface area contributed by atoms with Crippen molar-refractivity contribution in [3.8, 4) is 0 Å². The van der Waals surface area contributed by atoms with Crippen molar-refractivity contribution < 1.29 is 19.7 Å². The summed E-state index contributed by atoms with van der Waals surface area (Å²) in [4.78, 5) is 37.0. The Morgan fingerprint density at radius 2 is 1.45 bits per heavy atom. The fourth-order valence-electron chi connectivity index (χ4n) is 3.25. The lowest BCUT2D eigenvalue weighted by Crippen LogP contribution is -2.04. The van der Waals surface area contributed by atoms with Gasteiger partial charge in [0.15, 0.2) is 0 Å². The van der Waals surface area contributed by atoms with Gasteiger partial charge in [-0.3, -0.25) is 20.2 Å². The number of aromatic nitrogens is 1. The van der Waals surface area contributed by atoms with E-state index in [0.717, 1.165) is 0 Å². The van der Waals surface area contributed by atoms with Crippen molar-refractivity contribution in [2.24, 2.45) is 0 Å². The van der Waals surface area contributed by atoms with Crippen molar-refractivity contribution in [1.82, 2.24) is 4.98 Å². The summed E-state index contributed by atoms with van der Waals surface area (Å²) in [5.41, 5.74) is 6.70. The molecule has 0 saturated carbocycles. The zero-order valence-electron chi connectivity index (χ0n) is 15.6. The number of hydrogen-bond acceptors (Lipinski definition) is 8. The van der Waals surface area contributed by atoms with Crippen LogP contribution in [0.5, 0.6) is 0 Å². The van der Waals surface area contributed by atoms with Gasteiger partial charge in [0.25, 0.3) is 11.4 Å². The molecular formula is C20H13N5O6. The number of anilines is 3. The van der Waals surface area contributed by atoms with Crippen LogP contribution in [0, 0.1) is 20.2 Å². The molecule has 0 aliphatic heterocycles. The maximum atomic E-state index is 11.4. The number of rotatable bonds is 5. The predicted molar refractivity (Wildman–Crippen MR) is 114 cm³/mol. The second-order valence-electron chi connectivity index (χ2n) is 6.64. The maximum absolute atomic E-state index is 11.4. The van der Waals surface area contributed by atoms with Gasteiger partial charge in [0.2, 0.25) is 0 Å². The van der Waals surface area contributed by atoms with Crippen LogP contribution in [-0.4, -0.2) is 25.9 Å². The zero-order valence-corrected chi connectivity index (χ0v) is 15.6. The first-order valence-electron chi connectivity index (χ1n) is 8.81. The van der Waals surface area contributed by atoms with Crippen molar-refractivity contribution in [1.29, 1.82) is 0 Å². The molecule has 3 aromatic carbocycles. The molecule has 0 saturated heterocycles. The van der Waals surface area contributed by atoms with Gasteiger partial charge in [-0.1, -0.05) is 0 Å². The number of non-ortho nitro benzene ring substituents is 2. The Bertz CT molecular complexity index is 1350. The molecule has 0 aliphatic carbocycles. The van der Waals surface area contributed by atoms with Crippen LogP contribution in [0.1, 0.15) is 10.4 Å². The average molecular weight is 419 g/mol. The van der Waals surface area contributed by atoms with E-state index in [9.17, 15) is 30.1 Å². The van der Waals surface area contributed by atoms with Crippen molar-refractivity contribution in [2.45, 2.75) is 0 Å². The molecule has 0 aliphatic rings. The minimum atomic E-state index is -1.20. The first-order chi connectivity index (χ1) is 14.7. The van der Waals surface area contributed by atoms with Gasteiger partial charge in [-0.2, -0.15) is 0 Å². The number of carboxylic acids is 1. The third-order valence-corrected chi connectivity index (χ3v) is 4.72. The Kier molecular flexibility index (Phi) is 4.55. The first-order valence-corrected chi connectivity index (χ1v) is 8.81. The number of nitrogen functional groups attached to an aromatic ring is 1. The molecule has 0 spiro atoms. The quantitative estimate of drug-likeness (QED) is 0.185. The molecule has 0 bridgehead atoms. The zero-order chi connectivity index (χ0) is 22.3. The van der Waals surface area contributed by atoms with Crippen molar-refractivity contribution in [3.05, 3.63) is 80.4 Å². The number of fused-ring (bicyclic) bond motifs is 2. The molecular weight excluding hydrogens is 406 g/mol.